The molecule has 96 valence electrons. The highest BCUT2D eigenvalue weighted by Gasteiger charge is 2.12. The fraction of sp³-hybridized carbons (Fsp3) is 0.0769. The van der Waals surface area contributed by atoms with E-state index in [0.29, 0.717) is 27.6 Å². The zero-order valence-electron chi connectivity index (χ0n) is 10.1. The van der Waals surface area contributed by atoms with Crippen LogP contribution in [0.4, 0.5) is 11.4 Å². The minimum Gasteiger partial charge on any atom is -0.496 e. The van der Waals surface area contributed by atoms with E-state index >= 15 is 0 Å². The summed E-state index contributed by atoms with van der Waals surface area (Å²) in [5.74, 6) is 0.350. The number of amides is 1. The van der Waals surface area contributed by atoms with E-state index < -0.39 is 0 Å². The summed E-state index contributed by atoms with van der Waals surface area (Å²) in [4.78, 5) is 12.5. The molecule has 1 aromatic heterocycles. The number of carbonyl (C=O) groups excluding carboxylic acids is 1. The molecule has 6 heteroatoms. The first-order valence-electron chi connectivity index (χ1n) is 5.37. The maximum absolute atomic E-state index is 12.0. The Balaban J connectivity index is 2.22. The van der Waals surface area contributed by atoms with Crippen LogP contribution in [0.1, 0.15) is 15.2 Å². The average molecular weight is 273 g/mol. The van der Waals surface area contributed by atoms with Crippen molar-refractivity contribution >= 4 is 28.6 Å². The first kappa shape index (κ1) is 12.9. The van der Waals surface area contributed by atoms with Crippen LogP contribution in [0.3, 0.4) is 0 Å². The molecule has 0 aliphatic heterocycles. The van der Waals surface area contributed by atoms with Crippen LogP contribution in [0, 0.1) is 11.3 Å². The Morgan fingerprint density at radius 2 is 2.26 bits per heavy atom. The van der Waals surface area contributed by atoms with Gasteiger partial charge in [-0.3, -0.25) is 4.79 Å². The molecule has 0 saturated heterocycles. The third-order valence-electron chi connectivity index (χ3n) is 2.45. The van der Waals surface area contributed by atoms with E-state index in [1.807, 2.05) is 6.07 Å². The Hall–Kier alpha value is -2.52. The number of ether oxygens (including phenoxy) is 1. The summed E-state index contributed by atoms with van der Waals surface area (Å²) in [5, 5.41) is 13.4. The Morgan fingerprint density at radius 1 is 1.47 bits per heavy atom. The van der Waals surface area contributed by atoms with E-state index in [1.165, 1.54) is 24.5 Å². The van der Waals surface area contributed by atoms with Crippen LogP contribution in [0.15, 0.2) is 29.6 Å². The molecular formula is C13H11N3O2S. The number of nitriles is 1. The molecule has 0 radical (unpaired) electrons. The molecule has 0 atom stereocenters. The van der Waals surface area contributed by atoms with Crippen LogP contribution in [0.25, 0.3) is 0 Å². The van der Waals surface area contributed by atoms with Gasteiger partial charge in [0.2, 0.25) is 0 Å². The van der Waals surface area contributed by atoms with Crippen molar-refractivity contribution in [3.05, 3.63) is 40.1 Å². The summed E-state index contributed by atoms with van der Waals surface area (Å²) in [6.07, 6.45) is 0. The standard InChI is InChI=1S/C13H11N3O2S/c1-18-10-5-12(19-7-10)13(17)16-11-3-2-9(15)4-8(11)6-14/h2-5,7H,15H2,1H3,(H,16,17). The van der Waals surface area contributed by atoms with Crippen molar-refractivity contribution in [1.29, 1.82) is 5.26 Å². The van der Waals surface area contributed by atoms with Gasteiger partial charge in [-0.05, 0) is 18.2 Å². The van der Waals surface area contributed by atoms with Crippen molar-refractivity contribution < 1.29 is 9.53 Å². The van der Waals surface area contributed by atoms with Crippen molar-refractivity contribution in [3.63, 3.8) is 0 Å². The summed E-state index contributed by atoms with van der Waals surface area (Å²) in [6, 6.07) is 8.39. The van der Waals surface area contributed by atoms with Crippen molar-refractivity contribution in [2.45, 2.75) is 0 Å². The highest BCUT2D eigenvalue weighted by molar-refractivity contribution is 7.12. The van der Waals surface area contributed by atoms with Crippen LogP contribution in [-0.4, -0.2) is 13.0 Å². The summed E-state index contributed by atoms with van der Waals surface area (Å²) in [6.45, 7) is 0. The second kappa shape index (κ2) is 5.42. The van der Waals surface area contributed by atoms with Crippen LogP contribution < -0.4 is 15.8 Å². The van der Waals surface area contributed by atoms with Gasteiger partial charge in [-0.15, -0.1) is 11.3 Å². The highest BCUT2D eigenvalue weighted by Crippen LogP contribution is 2.23. The average Bonchev–Trinajstić information content (AvgIpc) is 2.89. The number of hydrogen-bond acceptors (Lipinski definition) is 5. The number of nitrogens with zero attached hydrogens (tertiary/aromatic N) is 1. The summed E-state index contributed by atoms with van der Waals surface area (Å²) in [7, 11) is 1.54. The van der Waals surface area contributed by atoms with Gasteiger partial charge in [-0.25, -0.2) is 0 Å². The molecule has 5 nitrogen and oxygen atoms in total. The SMILES string of the molecule is COc1csc(C(=O)Nc2ccc(N)cc2C#N)c1. The second-order valence-corrected chi connectivity index (χ2v) is 4.63. The van der Waals surface area contributed by atoms with E-state index in [0.717, 1.165) is 0 Å². The fourth-order valence-corrected chi connectivity index (χ4v) is 2.24. The van der Waals surface area contributed by atoms with E-state index in [2.05, 4.69) is 5.32 Å². The number of thiophene rings is 1. The number of anilines is 2. The lowest BCUT2D eigenvalue weighted by Crippen LogP contribution is -2.11. The third-order valence-corrected chi connectivity index (χ3v) is 3.35. The predicted molar refractivity (Wildman–Crippen MR) is 74.4 cm³/mol. The van der Waals surface area contributed by atoms with Crippen LogP contribution >= 0.6 is 11.3 Å². The lowest BCUT2D eigenvalue weighted by Gasteiger charge is -2.06. The minimum atomic E-state index is -0.283. The fourth-order valence-electron chi connectivity index (χ4n) is 1.49. The number of benzene rings is 1. The lowest BCUT2D eigenvalue weighted by molar-refractivity contribution is 0.103. The molecule has 2 rings (SSSR count). The van der Waals surface area contributed by atoms with E-state index in [1.54, 1.807) is 23.6 Å². The Kier molecular flexibility index (Phi) is 3.68. The van der Waals surface area contributed by atoms with Crippen molar-refractivity contribution in [2.75, 3.05) is 18.2 Å². The van der Waals surface area contributed by atoms with Crippen LogP contribution in [0.2, 0.25) is 0 Å². The molecule has 3 N–H and O–H groups in total. The van der Waals surface area contributed by atoms with Gasteiger partial charge >= 0.3 is 0 Å². The Morgan fingerprint density at radius 3 is 2.89 bits per heavy atom. The first-order chi connectivity index (χ1) is 9.13. The quantitative estimate of drug-likeness (QED) is 0.841. The summed E-state index contributed by atoms with van der Waals surface area (Å²) in [5.41, 5.74) is 6.84. The topological polar surface area (TPSA) is 88.1 Å². The monoisotopic (exact) mass is 273 g/mol. The maximum atomic E-state index is 12.0. The molecule has 0 aliphatic carbocycles. The number of nitrogens with two attached hydrogens (primary N) is 1. The first-order valence-corrected chi connectivity index (χ1v) is 6.25. The molecule has 0 spiro atoms. The van der Waals surface area contributed by atoms with Crippen molar-refractivity contribution in [1.82, 2.24) is 0 Å². The van der Waals surface area contributed by atoms with Gasteiger partial charge in [0.15, 0.2) is 0 Å². The number of rotatable bonds is 3. The van der Waals surface area contributed by atoms with Gasteiger partial charge in [-0.1, -0.05) is 0 Å². The zero-order chi connectivity index (χ0) is 13.8. The number of hydrogen-bond donors (Lipinski definition) is 2. The maximum Gasteiger partial charge on any atom is 0.265 e. The lowest BCUT2D eigenvalue weighted by atomic mass is 10.1. The number of nitrogens with one attached hydrogen (secondary N) is 1. The van der Waals surface area contributed by atoms with E-state index in [4.69, 9.17) is 15.7 Å². The molecular weight excluding hydrogens is 262 g/mol. The van der Waals surface area contributed by atoms with Gasteiger partial charge in [0.1, 0.15) is 11.8 Å². The van der Waals surface area contributed by atoms with Gasteiger partial charge in [0.05, 0.1) is 23.2 Å². The van der Waals surface area contributed by atoms with Gasteiger partial charge in [0, 0.05) is 17.1 Å². The van der Waals surface area contributed by atoms with Gasteiger partial charge in [-0.2, -0.15) is 5.26 Å². The third kappa shape index (κ3) is 2.84. The Labute approximate surface area is 114 Å². The highest BCUT2D eigenvalue weighted by atomic mass is 32.1. The largest absolute Gasteiger partial charge is 0.496 e. The molecule has 0 saturated carbocycles. The Bertz CT molecular complexity index is 658. The van der Waals surface area contributed by atoms with Crippen molar-refractivity contribution in [2.24, 2.45) is 0 Å². The second-order valence-electron chi connectivity index (χ2n) is 3.72. The molecule has 1 heterocycles. The minimum absolute atomic E-state index is 0.283. The van der Waals surface area contributed by atoms with Crippen LogP contribution in [0.5, 0.6) is 5.75 Å². The molecule has 2 aromatic rings. The number of carbonyl (C=O) groups is 1. The molecule has 1 amide bonds. The van der Waals surface area contributed by atoms with Gasteiger partial charge < -0.3 is 15.8 Å². The summed E-state index contributed by atoms with van der Waals surface area (Å²) >= 11 is 1.27. The predicted octanol–water partition coefficient (Wildman–Crippen LogP) is 2.46. The number of methoxy groups -OCH3 is 1. The zero-order valence-corrected chi connectivity index (χ0v) is 11.0. The smallest absolute Gasteiger partial charge is 0.265 e. The van der Waals surface area contributed by atoms with Gasteiger partial charge in [0.25, 0.3) is 5.91 Å². The van der Waals surface area contributed by atoms with Crippen LogP contribution in [-0.2, 0) is 0 Å². The van der Waals surface area contributed by atoms with Crippen molar-refractivity contribution in [3.8, 4) is 11.8 Å². The van der Waals surface area contributed by atoms with E-state index in [9.17, 15) is 4.79 Å². The normalized spacial score (nSPS) is 9.68. The molecule has 19 heavy (non-hydrogen) atoms. The summed E-state index contributed by atoms with van der Waals surface area (Å²) < 4.78 is 5.02. The molecule has 1 aromatic carbocycles. The molecule has 0 bridgehead atoms. The molecule has 0 aliphatic rings. The molecule has 0 unspecified atom stereocenters. The molecule has 0 fully saturated rings. The number of nitrogen functional groups attached to an aromatic ring is 1. The van der Waals surface area contributed by atoms with E-state index in [-0.39, 0.29) is 5.91 Å².